The Labute approximate surface area is 233 Å². The van der Waals surface area contributed by atoms with Gasteiger partial charge in [-0.1, -0.05) is 91.0 Å². The van der Waals surface area contributed by atoms with Gasteiger partial charge < -0.3 is 24.1 Å². The van der Waals surface area contributed by atoms with Gasteiger partial charge in [0.15, 0.2) is 11.5 Å². The average molecular weight is 575 g/mol. The Morgan fingerprint density at radius 2 is 1.28 bits per heavy atom. The van der Waals surface area contributed by atoms with Crippen molar-refractivity contribution in [2.75, 3.05) is 18.4 Å². The smallest absolute Gasteiger partial charge is 0.281 e. The first-order valence-corrected chi connectivity index (χ1v) is 14.5. The highest BCUT2D eigenvalue weighted by Crippen LogP contribution is 2.35. The van der Waals surface area contributed by atoms with Crippen molar-refractivity contribution in [2.45, 2.75) is 38.1 Å². The molecule has 3 atom stereocenters. The first kappa shape index (κ1) is 29.2. The lowest BCUT2D eigenvalue weighted by Crippen LogP contribution is -2.46. The summed E-state index contributed by atoms with van der Waals surface area (Å²) in [5, 5.41) is 8.94. The maximum atomic E-state index is 12.5. The molecule has 0 spiro atoms. The van der Waals surface area contributed by atoms with Crippen LogP contribution in [0.15, 0.2) is 103 Å². The predicted molar refractivity (Wildman–Crippen MR) is 146 cm³/mol. The van der Waals surface area contributed by atoms with E-state index in [9.17, 15) is 13.5 Å². The lowest BCUT2D eigenvalue weighted by atomic mass is 10.1. The Balaban J connectivity index is 1.62. The summed E-state index contributed by atoms with van der Waals surface area (Å²) in [4.78, 5) is 0. The molecule has 3 aromatic carbocycles. The van der Waals surface area contributed by atoms with Gasteiger partial charge in [0.1, 0.15) is 30.1 Å². The molecule has 8 nitrogen and oxygen atoms in total. The molecule has 1 aliphatic heterocycles. The second-order valence-corrected chi connectivity index (χ2v) is 11.0. The summed E-state index contributed by atoms with van der Waals surface area (Å²) >= 11 is 5.69. The molecule has 1 heterocycles. The molecule has 0 aromatic heterocycles. The molecule has 0 amide bonds. The van der Waals surface area contributed by atoms with Crippen LogP contribution in [0.1, 0.15) is 16.7 Å². The van der Waals surface area contributed by atoms with Crippen LogP contribution in [-0.2, 0) is 53.1 Å². The van der Waals surface area contributed by atoms with E-state index in [1.54, 1.807) is 0 Å². The van der Waals surface area contributed by atoms with Gasteiger partial charge in [-0.05, 0) is 16.7 Å². The first-order chi connectivity index (χ1) is 19.0. The van der Waals surface area contributed by atoms with Crippen molar-refractivity contribution < 1.29 is 36.7 Å². The van der Waals surface area contributed by atoms with E-state index in [-0.39, 0.29) is 33.0 Å². The van der Waals surface area contributed by atoms with E-state index in [1.807, 2.05) is 91.0 Å². The molecule has 0 saturated carbocycles. The molecule has 39 heavy (non-hydrogen) atoms. The zero-order chi connectivity index (χ0) is 27.5. The Morgan fingerprint density at radius 1 is 0.769 bits per heavy atom. The van der Waals surface area contributed by atoms with Gasteiger partial charge >= 0.3 is 0 Å². The fourth-order valence-corrected chi connectivity index (χ4v) is 4.68. The summed E-state index contributed by atoms with van der Waals surface area (Å²) in [5.74, 6) is 0.706. The average Bonchev–Trinajstić information content (AvgIpc) is 3.75. The van der Waals surface area contributed by atoms with Crippen LogP contribution < -0.4 is 0 Å². The number of ether oxygens (including phenoxy) is 4. The van der Waals surface area contributed by atoms with E-state index < -0.39 is 33.6 Å². The van der Waals surface area contributed by atoms with Crippen LogP contribution in [0.2, 0.25) is 0 Å². The number of aliphatic hydroxyl groups excluding tert-OH is 1. The minimum atomic E-state index is -4.12. The molecule has 1 aliphatic rings. The van der Waals surface area contributed by atoms with Gasteiger partial charge in [0.25, 0.3) is 10.1 Å². The van der Waals surface area contributed by atoms with Gasteiger partial charge in [-0.2, -0.15) is 8.42 Å². The molecule has 208 valence electrons. The lowest BCUT2D eigenvalue weighted by Gasteiger charge is -2.31. The van der Waals surface area contributed by atoms with Crippen LogP contribution in [0, 0.1) is 0 Å². The van der Waals surface area contributed by atoms with Gasteiger partial charge in [0, 0.05) is 0 Å². The quantitative estimate of drug-likeness (QED) is 0.185. The van der Waals surface area contributed by atoms with Crippen molar-refractivity contribution in [3.8, 4) is 0 Å². The predicted octanol–water partition coefficient (Wildman–Crippen LogP) is 4.52. The third-order valence-corrected chi connectivity index (χ3v) is 7.50. The summed E-state index contributed by atoms with van der Waals surface area (Å²) in [6.45, 7) is 0.0725. The van der Waals surface area contributed by atoms with E-state index in [1.165, 1.54) is 0 Å². The summed E-state index contributed by atoms with van der Waals surface area (Å²) in [7, 11) is -4.12. The van der Waals surface area contributed by atoms with Gasteiger partial charge in [-0.15, -0.1) is 11.6 Å². The third kappa shape index (κ3) is 9.15. The van der Waals surface area contributed by atoms with Gasteiger partial charge in [-0.3, -0.25) is 4.18 Å². The largest absolute Gasteiger partial charge is 0.453 e. The number of rotatable bonds is 17. The van der Waals surface area contributed by atoms with Crippen LogP contribution in [0.25, 0.3) is 0 Å². The topological polar surface area (TPSA) is 104 Å². The fraction of sp³-hybridized carbons (Fsp3) is 0.310. The summed E-state index contributed by atoms with van der Waals surface area (Å²) < 4.78 is 54.6. The van der Waals surface area contributed by atoms with Gasteiger partial charge in [0.2, 0.25) is 0 Å². The van der Waals surface area contributed by atoms with Crippen molar-refractivity contribution in [3.05, 3.63) is 119 Å². The number of hydrogen-bond acceptors (Lipinski definition) is 8. The van der Waals surface area contributed by atoms with Gasteiger partial charge in [-0.25, -0.2) is 0 Å². The van der Waals surface area contributed by atoms with Gasteiger partial charge in [0.05, 0.1) is 26.4 Å². The van der Waals surface area contributed by atoms with Crippen molar-refractivity contribution >= 4 is 21.7 Å². The van der Waals surface area contributed by atoms with E-state index in [2.05, 4.69) is 0 Å². The maximum absolute atomic E-state index is 12.5. The zero-order valence-electron chi connectivity index (χ0n) is 21.2. The molecule has 3 aromatic rings. The standard InChI is InChI=1S/C29H31ClO8S/c30-21-39(32,33)38-26(20-34-17-22-10-4-1-5-11-22)27(35-18-23-12-6-2-7-13-23)29(28-25(16-31)37-28)36-19-24-14-8-3-9-15-24/h1-15,26-27,29,31H,16-21H2/t26-,27?,29-/m0/s1. The van der Waals surface area contributed by atoms with Crippen LogP contribution >= 0.6 is 11.6 Å². The van der Waals surface area contributed by atoms with Crippen molar-refractivity contribution in [1.29, 1.82) is 0 Å². The summed E-state index contributed by atoms with van der Waals surface area (Å²) in [5.41, 5.74) is 2.66. The monoisotopic (exact) mass is 574 g/mol. The van der Waals surface area contributed by atoms with Crippen molar-refractivity contribution in [3.63, 3.8) is 0 Å². The molecule has 0 bridgehead atoms. The second-order valence-electron chi connectivity index (χ2n) is 8.83. The SMILES string of the molecule is O=S(=O)(CCl)O[C@@H](COCc1ccccc1)C(OCc1ccccc1)[C@H](OCc1ccccc1)C1=C(CO)O1. The van der Waals surface area contributed by atoms with E-state index in [0.29, 0.717) is 11.5 Å². The van der Waals surface area contributed by atoms with Crippen LogP contribution in [0.3, 0.4) is 0 Å². The molecule has 0 radical (unpaired) electrons. The number of aliphatic hydroxyl groups is 1. The second kappa shape index (κ2) is 14.6. The molecule has 1 unspecified atom stereocenters. The van der Waals surface area contributed by atoms with Crippen LogP contribution in [0.4, 0.5) is 0 Å². The molecule has 10 heteroatoms. The van der Waals surface area contributed by atoms with E-state index >= 15 is 0 Å². The minimum absolute atomic E-state index is 0.137. The highest BCUT2D eigenvalue weighted by atomic mass is 35.5. The zero-order valence-corrected chi connectivity index (χ0v) is 22.8. The van der Waals surface area contributed by atoms with E-state index in [4.69, 9.17) is 34.7 Å². The lowest BCUT2D eigenvalue weighted by molar-refractivity contribution is -0.131. The Morgan fingerprint density at radius 3 is 1.77 bits per heavy atom. The molecule has 0 saturated heterocycles. The number of hydrogen-bond donors (Lipinski definition) is 1. The van der Waals surface area contributed by atoms with Crippen molar-refractivity contribution in [1.82, 2.24) is 0 Å². The highest BCUT2D eigenvalue weighted by molar-refractivity contribution is 7.87. The molecule has 1 N–H and O–H groups in total. The molecule has 4 rings (SSSR count). The Hall–Kier alpha value is -2.76. The normalized spacial score (nSPS) is 15.4. The molecule has 0 aliphatic carbocycles. The Bertz CT molecular complexity index is 1290. The highest BCUT2D eigenvalue weighted by Gasteiger charge is 2.44. The van der Waals surface area contributed by atoms with Crippen LogP contribution in [0.5, 0.6) is 0 Å². The van der Waals surface area contributed by atoms with Crippen molar-refractivity contribution in [2.24, 2.45) is 0 Å². The first-order valence-electron chi connectivity index (χ1n) is 12.4. The number of halogens is 1. The molecule has 0 fully saturated rings. The van der Waals surface area contributed by atoms with E-state index in [0.717, 1.165) is 16.7 Å². The Kier molecular flexibility index (Phi) is 10.9. The summed E-state index contributed by atoms with van der Waals surface area (Å²) in [6, 6.07) is 28.4. The maximum Gasteiger partial charge on any atom is 0.281 e. The number of benzene rings is 3. The summed E-state index contributed by atoms with van der Waals surface area (Å²) in [6.07, 6.45) is -3.03. The fourth-order valence-electron chi connectivity index (χ4n) is 3.93. The molecular weight excluding hydrogens is 544 g/mol. The number of alkyl halides is 1. The minimum Gasteiger partial charge on any atom is -0.453 e. The van der Waals surface area contributed by atoms with Crippen LogP contribution in [-0.4, -0.2) is 50.3 Å². The third-order valence-electron chi connectivity index (χ3n) is 5.89. The molecular formula is C29H31ClO8S.